The van der Waals surface area contributed by atoms with Crippen LogP contribution in [0.5, 0.6) is 0 Å². The van der Waals surface area contributed by atoms with Gasteiger partial charge >= 0.3 is 12.4 Å². The Morgan fingerprint density at radius 2 is 1.29 bits per heavy atom. The maximum Gasteiger partial charge on any atom is 0.457 e. The Kier molecular flexibility index (Phi) is 3.15. The monoisotopic (exact) mass is 226 g/mol. The van der Waals surface area contributed by atoms with Crippen LogP contribution in [0.3, 0.4) is 0 Å². The van der Waals surface area contributed by atoms with E-state index < -0.39 is 29.7 Å². The lowest BCUT2D eigenvalue weighted by atomic mass is 10.3. The summed E-state index contributed by atoms with van der Waals surface area (Å²) in [5, 5.41) is 7.85. The van der Waals surface area contributed by atoms with E-state index in [4.69, 9.17) is 5.11 Å². The lowest BCUT2D eigenvalue weighted by molar-refractivity contribution is -0.170. The third-order valence-electron chi connectivity index (χ3n) is 0.933. The Morgan fingerprint density at radius 1 is 0.929 bits per heavy atom. The van der Waals surface area contributed by atoms with Crippen LogP contribution in [0, 0.1) is 0 Å². The first-order valence-electron chi connectivity index (χ1n) is 2.75. The molecule has 0 amide bonds. The zero-order chi connectivity index (χ0) is 11.7. The van der Waals surface area contributed by atoms with Crippen molar-refractivity contribution in [2.75, 3.05) is 0 Å². The van der Waals surface area contributed by atoms with Crippen LogP contribution >= 0.6 is 0 Å². The molecular weight excluding hydrogens is 225 g/mol. The van der Waals surface area contributed by atoms with Gasteiger partial charge in [-0.2, -0.15) is 30.7 Å². The van der Waals surface area contributed by atoms with Crippen LogP contribution in [0.15, 0.2) is 11.6 Å². The number of halogens is 7. The lowest BCUT2D eigenvalue weighted by Gasteiger charge is -2.07. The highest BCUT2D eigenvalue weighted by Gasteiger charge is 2.47. The molecule has 0 aromatic heterocycles. The van der Waals surface area contributed by atoms with Gasteiger partial charge in [0, 0.05) is 0 Å². The summed E-state index contributed by atoms with van der Waals surface area (Å²) < 4.78 is 80.2. The normalized spacial score (nSPS) is 15.1. The molecule has 0 aromatic carbocycles. The van der Waals surface area contributed by atoms with Crippen molar-refractivity contribution >= 4 is 5.78 Å². The average Bonchev–Trinajstić information content (AvgIpc) is 1.97. The molecule has 0 bridgehead atoms. The standard InChI is InChI=1S/C5HF7O2/c6-1(2(13)4(7,8)9)3(14)5(10,11)12/h13H/b2-1+. The van der Waals surface area contributed by atoms with E-state index >= 15 is 0 Å². The van der Waals surface area contributed by atoms with Crippen molar-refractivity contribution in [3.63, 3.8) is 0 Å². The van der Waals surface area contributed by atoms with Gasteiger partial charge in [0.15, 0.2) is 0 Å². The van der Waals surface area contributed by atoms with Gasteiger partial charge in [0.2, 0.25) is 11.6 Å². The van der Waals surface area contributed by atoms with Gasteiger partial charge in [0.1, 0.15) is 0 Å². The number of carbonyl (C=O) groups is 1. The molecule has 0 heterocycles. The minimum Gasteiger partial charge on any atom is -0.502 e. The number of carbonyl (C=O) groups excluding carboxylic acids is 1. The van der Waals surface area contributed by atoms with Gasteiger partial charge in [0.05, 0.1) is 0 Å². The predicted molar refractivity (Wildman–Crippen MR) is 27.9 cm³/mol. The number of rotatable bonds is 1. The predicted octanol–water partition coefficient (Wildman–Crippen LogP) is 2.42. The molecule has 0 fully saturated rings. The Labute approximate surface area is 71.6 Å². The summed E-state index contributed by atoms with van der Waals surface area (Å²) in [6, 6.07) is 0. The molecule has 0 aliphatic carbocycles. The molecular formula is C5HF7O2. The van der Waals surface area contributed by atoms with Crippen molar-refractivity contribution in [3.8, 4) is 0 Å². The quantitative estimate of drug-likeness (QED) is 0.423. The minimum atomic E-state index is -5.80. The van der Waals surface area contributed by atoms with Gasteiger partial charge in [-0.3, -0.25) is 4.79 Å². The third kappa shape index (κ3) is 2.89. The van der Waals surface area contributed by atoms with Crippen molar-refractivity contribution in [2.24, 2.45) is 0 Å². The molecule has 0 aromatic rings. The largest absolute Gasteiger partial charge is 0.502 e. The number of aliphatic hydroxyl groups excluding tert-OH is 1. The second kappa shape index (κ2) is 3.46. The molecule has 0 atom stereocenters. The van der Waals surface area contributed by atoms with E-state index in [-0.39, 0.29) is 0 Å². The first-order chi connectivity index (χ1) is 5.98. The molecule has 0 aliphatic rings. The first-order valence-corrected chi connectivity index (χ1v) is 2.75. The number of hydrogen-bond acceptors (Lipinski definition) is 2. The summed E-state index contributed by atoms with van der Waals surface area (Å²) in [5.74, 6) is -9.85. The maximum atomic E-state index is 12.0. The Bertz CT molecular complexity index is 271. The molecule has 0 rings (SSSR count). The number of hydrogen-bond donors (Lipinski definition) is 1. The van der Waals surface area contributed by atoms with Crippen LogP contribution in [-0.4, -0.2) is 23.2 Å². The fourth-order valence-corrected chi connectivity index (χ4v) is 0.356. The molecule has 0 spiro atoms. The van der Waals surface area contributed by atoms with E-state index in [0.717, 1.165) is 0 Å². The van der Waals surface area contributed by atoms with Gasteiger partial charge < -0.3 is 5.11 Å². The highest BCUT2D eigenvalue weighted by atomic mass is 19.4. The summed E-state index contributed by atoms with van der Waals surface area (Å²) in [6.07, 6.45) is -11.5. The molecule has 82 valence electrons. The fraction of sp³-hybridized carbons (Fsp3) is 0.400. The highest BCUT2D eigenvalue weighted by molar-refractivity contribution is 5.98. The molecule has 2 nitrogen and oxygen atoms in total. The van der Waals surface area contributed by atoms with Crippen molar-refractivity contribution in [3.05, 3.63) is 11.6 Å². The zero-order valence-electron chi connectivity index (χ0n) is 6.00. The molecule has 0 saturated heterocycles. The summed E-state index contributed by atoms with van der Waals surface area (Å²) in [4.78, 5) is 9.83. The van der Waals surface area contributed by atoms with E-state index in [1.165, 1.54) is 0 Å². The number of aliphatic hydroxyl groups is 1. The lowest BCUT2D eigenvalue weighted by Crippen LogP contribution is -2.26. The number of Topliss-reactive ketones (excluding diaryl/α,β-unsaturated/α-hetero) is 1. The third-order valence-corrected chi connectivity index (χ3v) is 0.933. The van der Waals surface area contributed by atoms with Crippen molar-refractivity contribution in [1.29, 1.82) is 0 Å². The van der Waals surface area contributed by atoms with Crippen LogP contribution in [0.1, 0.15) is 0 Å². The topological polar surface area (TPSA) is 37.3 Å². The summed E-state index contributed by atoms with van der Waals surface area (Å²) in [7, 11) is 0. The minimum absolute atomic E-state index is 3.19. The van der Waals surface area contributed by atoms with Crippen LogP contribution < -0.4 is 0 Å². The summed E-state index contributed by atoms with van der Waals surface area (Å²) >= 11 is 0. The average molecular weight is 226 g/mol. The number of ketones is 1. The number of alkyl halides is 6. The second-order valence-corrected chi connectivity index (χ2v) is 1.99. The van der Waals surface area contributed by atoms with Crippen LogP contribution in [0.2, 0.25) is 0 Å². The van der Waals surface area contributed by atoms with E-state index in [0.29, 0.717) is 0 Å². The van der Waals surface area contributed by atoms with Gasteiger partial charge in [-0.05, 0) is 0 Å². The molecule has 0 saturated carbocycles. The first kappa shape index (κ1) is 12.7. The molecule has 9 heteroatoms. The number of allylic oxidation sites excluding steroid dienone is 2. The molecule has 14 heavy (non-hydrogen) atoms. The Balaban J connectivity index is 5.14. The van der Waals surface area contributed by atoms with E-state index in [1.54, 1.807) is 0 Å². The summed E-state index contributed by atoms with van der Waals surface area (Å²) in [6.45, 7) is 0. The maximum absolute atomic E-state index is 12.0. The van der Waals surface area contributed by atoms with Gasteiger partial charge in [-0.1, -0.05) is 0 Å². The van der Waals surface area contributed by atoms with Gasteiger partial charge in [-0.15, -0.1) is 0 Å². The van der Waals surface area contributed by atoms with Crippen molar-refractivity contribution < 1.29 is 40.6 Å². The Morgan fingerprint density at radius 3 is 1.50 bits per heavy atom. The van der Waals surface area contributed by atoms with Crippen LogP contribution in [-0.2, 0) is 4.79 Å². The van der Waals surface area contributed by atoms with Crippen LogP contribution in [0.4, 0.5) is 30.7 Å². The molecule has 1 N–H and O–H groups in total. The van der Waals surface area contributed by atoms with E-state index in [1.807, 2.05) is 0 Å². The second-order valence-electron chi connectivity index (χ2n) is 1.99. The molecule has 0 radical (unpaired) electrons. The highest BCUT2D eigenvalue weighted by Crippen LogP contribution is 2.30. The van der Waals surface area contributed by atoms with Gasteiger partial charge in [0.25, 0.3) is 5.78 Å². The smallest absolute Gasteiger partial charge is 0.457 e. The molecule has 0 unspecified atom stereocenters. The van der Waals surface area contributed by atoms with Crippen molar-refractivity contribution in [1.82, 2.24) is 0 Å². The van der Waals surface area contributed by atoms with Crippen LogP contribution in [0.25, 0.3) is 0 Å². The van der Waals surface area contributed by atoms with Gasteiger partial charge in [-0.25, -0.2) is 0 Å². The summed E-state index contributed by atoms with van der Waals surface area (Å²) in [5.41, 5.74) is 0. The van der Waals surface area contributed by atoms with E-state index in [9.17, 15) is 35.5 Å². The Hall–Kier alpha value is -1.28. The van der Waals surface area contributed by atoms with Crippen molar-refractivity contribution in [2.45, 2.75) is 12.4 Å². The molecule has 0 aliphatic heterocycles. The SMILES string of the molecule is O=C(/C(F)=C(\O)C(F)(F)F)C(F)(F)F. The van der Waals surface area contributed by atoms with E-state index in [2.05, 4.69) is 0 Å². The fourth-order valence-electron chi connectivity index (χ4n) is 0.356. The zero-order valence-corrected chi connectivity index (χ0v) is 6.00.